The van der Waals surface area contributed by atoms with Crippen LogP contribution in [-0.2, 0) is 4.79 Å². The summed E-state index contributed by atoms with van der Waals surface area (Å²) in [5, 5.41) is 16.0. The number of aromatic nitrogens is 3. The van der Waals surface area contributed by atoms with Crippen LogP contribution in [0.4, 0.5) is 5.82 Å². The standard InChI is InChI=1S/C11H14N4O2/c1-11(2,10(16)17)7-12-8-4-6-15-9(14-8)3-5-13-15/h3-6H,7H2,1-2H3,(H,12,14)(H,16,17). The van der Waals surface area contributed by atoms with Crippen molar-refractivity contribution in [3.8, 4) is 0 Å². The van der Waals surface area contributed by atoms with Crippen molar-refractivity contribution in [3.63, 3.8) is 0 Å². The lowest BCUT2D eigenvalue weighted by Crippen LogP contribution is -2.32. The Hall–Kier alpha value is -2.11. The van der Waals surface area contributed by atoms with Crippen LogP contribution in [0.3, 0.4) is 0 Å². The lowest BCUT2D eigenvalue weighted by molar-refractivity contribution is -0.146. The van der Waals surface area contributed by atoms with E-state index in [9.17, 15) is 4.79 Å². The van der Waals surface area contributed by atoms with Gasteiger partial charge in [0.05, 0.1) is 11.6 Å². The predicted octanol–water partition coefficient (Wildman–Crippen LogP) is 1.25. The fourth-order valence-corrected chi connectivity index (χ4v) is 1.30. The predicted molar refractivity (Wildman–Crippen MR) is 62.9 cm³/mol. The number of aliphatic carboxylic acids is 1. The van der Waals surface area contributed by atoms with Crippen LogP contribution in [0.1, 0.15) is 13.8 Å². The minimum absolute atomic E-state index is 0.319. The molecule has 0 amide bonds. The van der Waals surface area contributed by atoms with Gasteiger partial charge in [-0.3, -0.25) is 4.79 Å². The molecule has 0 radical (unpaired) electrons. The third-order valence-electron chi connectivity index (χ3n) is 2.55. The first-order valence-electron chi connectivity index (χ1n) is 5.27. The molecule has 6 heteroatoms. The molecule has 2 aromatic rings. The second kappa shape index (κ2) is 4.04. The van der Waals surface area contributed by atoms with E-state index in [1.807, 2.05) is 0 Å². The fourth-order valence-electron chi connectivity index (χ4n) is 1.30. The average Bonchev–Trinajstić information content (AvgIpc) is 2.73. The maximum atomic E-state index is 10.9. The third kappa shape index (κ3) is 2.35. The molecular formula is C11H14N4O2. The molecule has 0 saturated heterocycles. The first-order chi connectivity index (χ1) is 7.99. The number of hydrogen-bond acceptors (Lipinski definition) is 4. The Kier molecular flexibility index (Phi) is 2.71. The summed E-state index contributed by atoms with van der Waals surface area (Å²) in [4.78, 5) is 15.2. The second-order valence-electron chi connectivity index (χ2n) is 4.49. The largest absolute Gasteiger partial charge is 0.481 e. The van der Waals surface area contributed by atoms with Gasteiger partial charge >= 0.3 is 5.97 Å². The van der Waals surface area contributed by atoms with Crippen molar-refractivity contribution in [2.24, 2.45) is 5.41 Å². The number of nitrogens with zero attached hydrogens (tertiary/aromatic N) is 3. The normalized spacial score (nSPS) is 11.6. The molecule has 2 heterocycles. The summed E-state index contributed by atoms with van der Waals surface area (Å²) in [5.41, 5.74) is -0.100. The van der Waals surface area contributed by atoms with E-state index >= 15 is 0 Å². The molecule has 0 atom stereocenters. The summed E-state index contributed by atoms with van der Waals surface area (Å²) in [5.74, 6) is -0.192. The highest BCUT2D eigenvalue weighted by Crippen LogP contribution is 2.16. The Morgan fingerprint density at radius 2 is 2.29 bits per heavy atom. The van der Waals surface area contributed by atoms with E-state index in [-0.39, 0.29) is 0 Å². The molecule has 0 aliphatic rings. The van der Waals surface area contributed by atoms with Crippen molar-refractivity contribution in [2.75, 3.05) is 11.9 Å². The molecule has 0 bridgehead atoms. The van der Waals surface area contributed by atoms with Gasteiger partial charge in [-0.2, -0.15) is 5.10 Å². The molecular weight excluding hydrogens is 220 g/mol. The molecule has 17 heavy (non-hydrogen) atoms. The zero-order valence-electron chi connectivity index (χ0n) is 9.71. The van der Waals surface area contributed by atoms with E-state index in [1.165, 1.54) is 0 Å². The van der Waals surface area contributed by atoms with Crippen LogP contribution in [0, 0.1) is 5.41 Å². The molecule has 90 valence electrons. The SMILES string of the molecule is CC(C)(CNc1ccn2nccc2n1)C(=O)O. The topological polar surface area (TPSA) is 79.5 Å². The molecule has 0 fully saturated rings. The number of rotatable bonds is 4. The zero-order valence-corrected chi connectivity index (χ0v) is 9.71. The Balaban J connectivity index is 2.11. The Labute approximate surface area is 98.3 Å². The Morgan fingerprint density at radius 3 is 3.00 bits per heavy atom. The van der Waals surface area contributed by atoms with Crippen LogP contribution in [0.25, 0.3) is 5.65 Å². The van der Waals surface area contributed by atoms with Crippen molar-refractivity contribution in [1.29, 1.82) is 0 Å². The highest BCUT2D eigenvalue weighted by atomic mass is 16.4. The molecule has 0 aromatic carbocycles. The molecule has 6 nitrogen and oxygen atoms in total. The molecule has 2 aromatic heterocycles. The molecule has 0 unspecified atom stereocenters. The number of carbonyl (C=O) groups is 1. The van der Waals surface area contributed by atoms with Crippen molar-refractivity contribution >= 4 is 17.4 Å². The van der Waals surface area contributed by atoms with E-state index < -0.39 is 11.4 Å². The van der Waals surface area contributed by atoms with E-state index in [4.69, 9.17) is 5.11 Å². The quantitative estimate of drug-likeness (QED) is 0.832. The van der Waals surface area contributed by atoms with E-state index in [0.717, 1.165) is 5.65 Å². The maximum Gasteiger partial charge on any atom is 0.310 e. The van der Waals surface area contributed by atoms with Crippen LogP contribution in [0.5, 0.6) is 0 Å². The number of anilines is 1. The van der Waals surface area contributed by atoms with Gasteiger partial charge in [-0.25, -0.2) is 9.50 Å². The van der Waals surface area contributed by atoms with Crippen molar-refractivity contribution < 1.29 is 9.90 Å². The van der Waals surface area contributed by atoms with Gasteiger partial charge in [0.2, 0.25) is 0 Å². The van der Waals surface area contributed by atoms with Gasteiger partial charge in [0.1, 0.15) is 5.82 Å². The van der Waals surface area contributed by atoms with Crippen LogP contribution in [0.15, 0.2) is 24.5 Å². The second-order valence-corrected chi connectivity index (χ2v) is 4.49. The first-order valence-corrected chi connectivity index (χ1v) is 5.27. The lowest BCUT2D eigenvalue weighted by Gasteiger charge is -2.19. The fraction of sp³-hybridized carbons (Fsp3) is 0.364. The van der Waals surface area contributed by atoms with Gasteiger partial charge in [-0.15, -0.1) is 0 Å². The van der Waals surface area contributed by atoms with Crippen LogP contribution in [-0.4, -0.2) is 32.2 Å². The minimum Gasteiger partial charge on any atom is -0.481 e. The maximum absolute atomic E-state index is 10.9. The molecule has 2 N–H and O–H groups in total. The van der Waals surface area contributed by atoms with Gasteiger partial charge in [-0.05, 0) is 19.9 Å². The van der Waals surface area contributed by atoms with Gasteiger partial charge in [0, 0.05) is 18.8 Å². The summed E-state index contributed by atoms with van der Waals surface area (Å²) in [6, 6.07) is 3.55. The highest BCUT2D eigenvalue weighted by molar-refractivity contribution is 5.74. The number of carboxylic acid groups (broad SMARTS) is 1. The van der Waals surface area contributed by atoms with Gasteiger partial charge in [-0.1, -0.05) is 0 Å². The summed E-state index contributed by atoms with van der Waals surface area (Å²) < 4.78 is 1.65. The highest BCUT2D eigenvalue weighted by Gasteiger charge is 2.26. The van der Waals surface area contributed by atoms with E-state index in [1.54, 1.807) is 42.9 Å². The van der Waals surface area contributed by atoms with Crippen molar-refractivity contribution in [2.45, 2.75) is 13.8 Å². The van der Waals surface area contributed by atoms with Gasteiger partial charge < -0.3 is 10.4 Å². The number of nitrogens with one attached hydrogen (secondary N) is 1. The molecule has 2 rings (SSSR count). The Morgan fingerprint density at radius 1 is 1.53 bits per heavy atom. The number of carboxylic acids is 1. The molecule has 0 aliphatic carbocycles. The molecule has 0 saturated carbocycles. The summed E-state index contributed by atoms with van der Waals surface area (Å²) in [6.07, 6.45) is 3.44. The first kappa shape index (κ1) is 11.4. The monoisotopic (exact) mass is 234 g/mol. The zero-order chi connectivity index (χ0) is 12.5. The van der Waals surface area contributed by atoms with Crippen molar-refractivity contribution in [3.05, 3.63) is 24.5 Å². The van der Waals surface area contributed by atoms with Crippen LogP contribution in [0.2, 0.25) is 0 Å². The Bertz CT molecular complexity index is 547. The lowest BCUT2D eigenvalue weighted by atomic mass is 9.94. The smallest absolute Gasteiger partial charge is 0.310 e. The number of hydrogen-bond donors (Lipinski definition) is 2. The summed E-state index contributed by atoms with van der Waals surface area (Å²) in [7, 11) is 0. The van der Waals surface area contributed by atoms with E-state index in [0.29, 0.717) is 12.4 Å². The van der Waals surface area contributed by atoms with E-state index in [2.05, 4.69) is 15.4 Å². The minimum atomic E-state index is -0.838. The van der Waals surface area contributed by atoms with Gasteiger partial charge in [0.15, 0.2) is 5.65 Å². The van der Waals surface area contributed by atoms with Gasteiger partial charge in [0.25, 0.3) is 0 Å². The molecule has 0 aliphatic heterocycles. The average molecular weight is 234 g/mol. The van der Waals surface area contributed by atoms with Crippen LogP contribution < -0.4 is 5.32 Å². The number of fused-ring (bicyclic) bond motifs is 1. The van der Waals surface area contributed by atoms with Crippen LogP contribution >= 0.6 is 0 Å². The molecule has 0 spiro atoms. The summed E-state index contributed by atoms with van der Waals surface area (Å²) in [6.45, 7) is 3.65. The third-order valence-corrected chi connectivity index (χ3v) is 2.55. The van der Waals surface area contributed by atoms with Crippen molar-refractivity contribution in [1.82, 2.24) is 14.6 Å². The summed E-state index contributed by atoms with van der Waals surface area (Å²) >= 11 is 0.